The number of rotatable bonds is 4. The molecule has 2 nitrogen and oxygen atoms in total. The van der Waals surface area contributed by atoms with Gasteiger partial charge in [-0.05, 0) is 56.8 Å². The molecule has 20 heavy (non-hydrogen) atoms. The number of piperidine rings is 1. The van der Waals surface area contributed by atoms with E-state index in [1.165, 1.54) is 24.8 Å². The molecule has 0 N–H and O–H groups in total. The van der Waals surface area contributed by atoms with E-state index in [0.717, 1.165) is 24.3 Å². The third-order valence-corrected chi connectivity index (χ3v) is 5.50. The predicted octanol–water partition coefficient (Wildman–Crippen LogP) is 3.94. The highest BCUT2D eigenvalue weighted by Crippen LogP contribution is 2.46. The standard InChI is InChI=1S/C17H24ClNO/c1-3-20-11-16-15(12-4-6-13(18)7-5-12)10-14-8-9-17(16)19(14)2/h4-7,14-17H,3,8-11H2,1-2H3/t14-,15+,16+,17+/m0/s1. The van der Waals surface area contributed by atoms with E-state index >= 15 is 0 Å². The molecule has 2 heterocycles. The molecule has 1 aromatic carbocycles. The summed E-state index contributed by atoms with van der Waals surface area (Å²) >= 11 is 6.03. The first-order valence-corrected chi connectivity index (χ1v) is 8.13. The number of fused-ring (bicyclic) bond motifs is 2. The summed E-state index contributed by atoms with van der Waals surface area (Å²) in [5.74, 6) is 1.23. The average molecular weight is 294 g/mol. The van der Waals surface area contributed by atoms with Crippen molar-refractivity contribution >= 4 is 11.6 Å². The molecule has 0 radical (unpaired) electrons. The van der Waals surface area contributed by atoms with Crippen LogP contribution in [-0.4, -0.2) is 37.2 Å². The minimum atomic E-state index is 0.611. The van der Waals surface area contributed by atoms with Gasteiger partial charge < -0.3 is 9.64 Å². The molecule has 3 heteroatoms. The van der Waals surface area contributed by atoms with Crippen LogP contribution >= 0.6 is 11.6 Å². The molecule has 110 valence electrons. The molecular formula is C17H24ClNO. The van der Waals surface area contributed by atoms with Crippen LogP contribution in [0, 0.1) is 5.92 Å². The van der Waals surface area contributed by atoms with Crippen molar-refractivity contribution in [3.8, 4) is 0 Å². The Morgan fingerprint density at radius 2 is 2.00 bits per heavy atom. The first-order valence-electron chi connectivity index (χ1n) is 7.76. The zero-order chi connectivity index (χ0) is 14.1. The Labute approximate surface area is 127 Å². The maximum atomic E-state index is 6.03. The largest absolute Gasteiger partial charge is 0.381 e. The van der Waals surface area contributed by atoms with Gasteiger partial charge in [0.25, 0.3) is 0 Å². The van der Waals surface area contributed by atoms with Gasteiger partial charge in [-0.1, -0.05) is 23.7 Å². The van der Waals surface area contributed by atoms with Crippen LogP contribution < -0.4 is 0 Å². The Kier molecular flexibility index (Phi) is 4.34. The molecule has 2 saturated heterocycles. The quantitative estimate of drug-likeness (QED) is 0.834. The Morgan fingerprint density at radius 1 is 1.25 bits per heavy atom. The summed E-state index contributed by atoms with van der Waals surface area (Å²) in [7, 11) is 2.29. The average Bonchev–Trinajstić information content (AvgIpc) is 2.71. The molecule has 3 rings (SSSR count). The van der Waals surface area contributed by atoms with Gasteiger partial charge in [-0.3, -0.25) is 0 Å². The Hall–Kier alpha value is -0.570. The molecule has 0 unspecified atom stereocenters. The Balaban J connectivity index is 1.85. The van der Waals surface area contributed by atoms with Gasteiger partial charge in [-0.15, -0.1) is 0 Å². The van der Waals surface area contributed by atoms with Gasteiger partial charge in [0.1, 0.15) is 0 Å². The highest BCUT2D eigenvalue weighted by Gasteiger charge is 2.45. The van der Waals surface area contributed by atoms with Crippen LogP contribution in [0.25, 0.3) is 0 Å². The number of hydrogen-bond donors (Lipinski definition) is 0. The molecule has 0 spiro atoms. The SMILES string of the molecule is CCOC[C@@H]1[C@@H](c2ccc(Cl)cc2)C[C@@H]2CC[C@H]1N2C. The van der Waals surface area contributed by atoms with Crippen molar-refractivity contribution in [2.24, 2.45) is 5.92 Å². The Bertz CT molecular complexity index is 447. The van der Waals surface area contributed by atoms with Crippen molar-refractivity contribution < 1.29 is 4.74 Å². The van der Waals surface area contributed by atoms with Gasteiger partial charge in [0, 0.05) is 29.6 Å². The molecule has 0 saturated carbocycles. The first kappa shape index (κ1) is 14.4. The summed E-state index contributed by atoms with van der Waals surface area (Å²) in [6.07, 6.45) is 3.92. The lowest BCUT2D eigenvalue weighted by Crippen LogP contribution is -2.47. The second-order valence-corrected chi connectivity index (χ2v) is 6.62. The summed E-state index contributed by atoms with van der Waals surface area (Å²) in [6.45, 7) is 3.77. The molecule has 2 aliphatic heterocycles. The zero-order valence-electron chi connectivity index (χ0n) is 12.4. The fraction of sp³-hybridized carbons (Fsp3) is 0.647. The summed E-state index contributed by atoms with van der Waals surface area (Å²) in [4.78, 5) is 2.59. The fourth-order valence-electron chi connectivity index (χ4n) is 4.15. The van der Waals surface area contributed by atoms with Crippen molar-refractivity contribution in [1.82, 2.24) is 4.90 Å². The molecule has 0 aromatic heterocycles. The van der Waals surface area contributed by atoms with Crippen molar-refractivity contribution in [1.29, 1.82) is 0 Å². The lowest BCUT2D eigenvalue weighted by molar-refractivity contribution is 0.0253. The maximum absolute atomic E-state index is 6.03. The van der Waals surface area contributed by atoms with E-state index < -0.39 is 0 Å². The van der Waals surface area contributed by atoms with Crippen LogP contribution in [0.15, 0.2) is 24.3 Å². The number of hydrogen-bond acceptors (Lipinski definition) is 2. The monoisotopic (exact) mass is 293 g/mol. The van der Waals surface area contributed by atoms with Crippen LogP contribution in [0.3, 0.4) is 0 Å². The van der Waals surface area contributed by atoms with Crippen molar-refractivity contribution in [2.75, 3.05) is 20.3 Å². The van der Waals surface area contributed by atoms with Crippen molar-refractivity contribution in [3.05, 3.63) is 34.9 Å². The summed E-state index contributed by atoms with van der Waals surface area (Å²) in [6, 6.07) is 9.89. The second-order valence-electron chi connectivity index (χ2n) is 6.18. The van der Waals surface area contributed by atoms with E-state index in [-0.39, 0.29) is 0 Å². The van der Waals surface area contributed by atoms with Gasteiger partial charge in [0.15, 0.2) is 0 Å². The van der Waals surface area contributed by atoms with E-state index in [4.69, 9.17) is 16.3 Å². The smallest absolute Gasteiger partial charge is 0.0514 e. The number of benzene rings is 1. The molecule has 4 atom stereocenters. The van der Waals surface area contributed by atoms with Crippen LogP contribution in [0.1, 0.15) is 37.7 Å². The molecule has 2 bridgehead atoms. The van der Waals surface area contributed by atoms with Crippen LogP contribution in [0.4, 0.5) is 0 Å². The van der Waals surface area contributed by atoms with Crippen molar-refractivity contribution in [2.45, 2.75) is 44.2 Å². The lowest BCUT2D eigenvalue weighted by Gasteiger charge is -2.43. The van der Waals surface area contributed by atoms with E-state index in [2.05, 4.69) is 31.0 Å². The number of ether oxygens (including phenoxy) is 1. The van der Waals surface area contributed by atoms with Crippen LogP contribution in [0.5, 0.6) is 0 Å². The zero-order valence-corrected chi connectivity index (χ0v) is 13.1. The summed E-state index contributed by atoms with van der Waals surface area (Å²) in [5.41, 5.74) is 1.43. The highest BCUT2D eigenvalue weighted by molar-refractivity contribution is 6.30. The van der Waals surface area contributed by atoms with E-state index in [0.29, 0.717) is 17.9 Å². The van der Waals surface area contributed by atoms with E-state index in [9.17, 15) is 0 Å². The maximum Gasteiger partial charge on any atom is 0.0514 e. The van der Waals surface area contributed by atoms with E-state index in [1.54, 1.807) is 0 Å². The normalized spacial score (nSPS) is 33.5. The van der Waals surface area contributed by atoms with Crippen LogP contribution in [-0.2, 0) is 4.74 Å². The highest BCUT2D eigenvalue weighted by atomic mass is 35.5. The third-order valence-electron chi connectivity index (χ3n) is 5.24. The van der Waals surface area contributed by atoms with Gasteiger partial charge in [-0.2, -0.15) is 0 Å². The third kappa shape index (κ3) is 2.61. The van der Waals surface area contributed by atoms with Crippen molar-refractivity contribution in [3.63, 3.8) is 0 Å². The molecular weight excluding hydrogens is 270 g/mol. The van der Waals surface area contributed by atoms with Crippen LogP contribution in [0.2, 0.25) is 5.02 Å². The Morgan fingerprint density at radius 3 is 2.70 bits per heavy atom. The molecule has 2 fully saturated rings. The van der Waals surface area contributed by atoms with Gasteiger partial charge >= 0.3 is 0 Å². The van der Waals surface area contributed by atoms with Gasteiger partial charge in [0.05, 0.1) is 6.61 Å². The summed E-state index contributed by atoms with van der Waals surface area (Å²) < 4.78 is 5.79. The fourth-order valence-corrected chi connectivity index (χ4v) is 4.28. The molecule has 1 aromatic rings. The van der Waals surface area contributed by atoms with E-state index in [1.807, 2.05) is 12.1 Å². The second kappa shape index (κ2) is 6.05. The predicted molar refractivity (Wildman–Crippen MR) is 83.4 cm³/mol. The topological polar surface area (TPSA) is 12.5 Å². The molecule has 0 amide bonds. The molecule has 2 aliphatic rings. The lowest BCUT2D eigenvalue weighted by atomic mass is 9.76. The minimum absolute atomic E-state index is 0.611. The van der Waals surface area contributed by atoms with Gasteiger partial charge in [0.2, 0.25) is 0 Å². The number of halogens is 1. The summed E-state index contributed by atoms with van der Waals surface area (Å²) in [5, 5.41) is 0.825. The minimum Gasteiger partial charge on any atom is -0.381 e. The molecule has 0 aliphatic carbocycles. The first-order chi connectivity index (χ1) is 9.70. The number of nitrogens with zero attached hydrogens (tertiary/aromatic N) is 1. The van der Waals surface area contributed by atoms with Gasteiger partial charge in [-0.25, -0.2) is 0 Å².